The van der Waals surface area contributed by atoms with Crippen LogP contribution in [-0.2, 0) is 11.0 Å². The van der Waals surface area contributed by atoms with E-state index in [-0.39, 0.29) is 10.3 Å². The molecule has 0 bridgehead atoms. The van der Waals surface area contributed by atoms with Crippen LogP contribution in [0.25, 0.3) is 0 Å². The molecule has 98 valence electrons. The van der Waals surface area contributed by atoms with Crippen molar-refractivity contribution in [3.8, 4) is 0 Å². The number of hydrogen-bond donors (Lipinski definition) is 1. The maximum atomic E-state index is 12.1. The van der Waals surface area contributed by atoms with E-state index in [1.54, 1.807) is 0 Å². The average molecular weight is 247 g/mol. The van der Waals surface area contributed by atoms with Gasteiger partial charge < -0.3 is 0 Å². The van der Waals surface area contributed by atoms with Crippen LogP contribution in [-0.4, -0.2) is 14.5 Å². The number of unbranched alkanes of at least 4 members (excludes halogenated alkanes) is 1. The Bertz CT molecular complexity index is 233. The standard InChI is InChI=1S/C13H29NOS/c1-8-9-10-13(7,11(2)3)14-16(15)12(4,5)6/h11,14H,8-10H2,1-7H3/t13-,16?/m0/s1. The second-order valence-electron chi connectivity index (χ2n) is 6.16. The second-order valence-corrected chi connectivity index (χ2v) is 8.13. The Morgan fingerprint density at radius 1 is 1.19 bits per heavy atom. The molecule has 0 fully saturated rings. The van der Waals surface area contributed by atoms with E-state index in [4.69, 9.17) is 0 Å². The Balaban J connectivity index is 4.62. The van der Waals surface area contributed by atoms with E-state index >= 15 is 0 Å². The van der Waals surface area contributed by atoms with Crippen LogP contribution in [0, 0.1) is 5.92 Å². The second kappa shape index (κ2) is 6.15. The highest BCUT2D eigenvalue weighted by Crippen LogP contribution is 2.25. The molecular formula is C13H29NOS. The molecule has 0 heterocycles. The van der Waals surface area contributed by atoms with E-state index in [0.717, 1.165) is 6.42 Å². The van der Waals surface area contributed by atoms with Gasteiger partial charge in [0, 0.05) is 5.54 Å². The molecule has 0 aliphatic rings. The van der Waals surface area contributed by atoms with Crippen molar-refractivity contribution < 1.29 is 4.21 Å². The van der Waals surface area contributed by atoms with Gasteiger partial charge in [-0.25, -0.2) is 8.93 Å². The first-order chi connectivity index (χ1) is 7.13. The molecule has 0 rings (SSSR count). The average Bonchev–Trinajstić information content (AvgIpc) is 2.13. The van der Waals surface area contributed by atoms with Gasteiger partial charge in [-0.05, 0) is 40.0 Å². The molecule has 16 heavy (non-hydrogen) atoms. The summed E-state index contributed by atoms with van der Waals surface area (Å²) in [5.41, 5.74) is -0.0197. The summed E-state index contributed by atoms with van der Waals surface area (Å²) in [6.45, 7) is 14.8. The van der Waals surface area contributed by atoms with E-state index in [0.29, 0.717) is 5.92 Å². The molecule has 2 nitrogen and oxygen atoms in total. The molecule has 2 atom stereocenters. The molecule has 0 aliphatic heterocycles. The van der Waals surface area contributed by atoms with Crippen LogP contribution in [0.5, 0.6) is 0 Å². The lowest BCUT2D eigenvalue weighted by molar-refractivity contribution is 0.281. The minimum atomic E-state index is -0.981. The summed E-state index contributed by atoms with van der Waals surface area (Å²) in [7, 11) is -0.981. The van der Waals surface area contributed by atoms with Gasteiger partial charge in [0.05, 0.1) is 15.7 Å². The first kappa shape index (κ1) is 16.1. The van der Waals surface area contributed by atoms with Crippen LogP contribution in [0.15, 0.2) is 0 Å². The van der Waals surface area contributed by atoms with Gasteiger partial charge >= 0.3 is 0 Å². The zero-order valence-electron chi connectivity index (χ0n) is 12.0. The van der Waals surface area contributed by atoms with Crippen molar-refractivity contribution >= 4 is 11.0 Å². The third-order valence-electron chi connectivity index (χ3n) is 3.21. The molecule has 0 aliphatic carbocycles. The fourth-order valence-corrected chi connectivity index (χ4v) is 2.43. The maximum Gasteiger partial charge on any atom is 0.0975 e. The highest BCUT2D eigenvalue weighted by atomic mass is 32.2. The van der Waals surface area contributed by atoms with Crippen LogP contribution in [0.3, 0.4) is 0 Å². The van der Waals surface area contributed by atoms with Gasteiger partial charge in [-0.1, -0.05) is 33.6 Å². The third-order valence-corrected chi connectivity index (χ3v) is 4.97. The molecule has 3 heteroatoms. The first-order valence-electron chi connectivity index (χ1n) is 6.33. The Labute approximate surface area is 104 Å². The summed E-state index contributed by atoms with van der Waals surface area (Å²) >= 11 is 0. The molecule has 0 saturated carbocycles. The van der Waals surface area contributed by atoms with Gasteiger partial charge in [0.1, 0.15) is 0 Å². The normalized spacial score (nSPS) is 18.5. The quantitative estimate of drug-likeness (QED) is 0.763. The molecule has 0 aromatic rings. The van der Waals surface area contributed by atoms with Crippen LogP contribution < -0.4 is 4.72 Å². The molecule has 0 saturated heterocycles. The molecule has 0 amide bonds. The first-order valence-corrected chi connectivity index (χ1v) is 7.48. The van der Waals surface area contributed by atoms with Gasteiger partial charge in [-0.15, -0.1) is 0 Å². The van der Waals surface area contributed by atoms with E-state index in [9.17, 15) is 4.21 Å². The minimum Gasteiger partial charge on any atom is -0.242 e. The predicted molar refractivity (Wildman–Crippen MR) is 73.8 cm³/mol. The summed E-state index contributed by atoms with van der Waals surface area (Å²) in [5.74, 6) is 0.491. The topological polar surface area (TPSA) is 29.1 Å². The SMILES string of the molecule is CCCC[C@](C)(NS(=O)C(C)(C)C)C(C)C. The number of rotatable bonds is 6. The van der Waals surface area contributed by atoms with Crippen molar-refractivity contribution in [2.45, 2.75) is 78.0 Å². The highest BCUT2D eigenvalue weighted by Gasteiger charge is 2.32. The molecule has 1 unspecified atom stereocenters. The van der Waals surface area contributed by atoms with Gasteiger partial charge in [0.25, 0.3) is 0 Å². The van der Waals surface area contributed by atoms with Crippen LogP contribution in [0.4, 0.5) is 0 Å². The fraction of sp³-hybridized carbons (Fsp3) is 1.00. The van der Waals surface area contributed by atoms with E-state index in [2.05, 4.69) is 32.4 Å². The van der Waals surface area contributed by atoms with Gasteiger partial charge in [0.2, 0.25) is 0 Å². The van der Waals surface area contributed by atoms with Crippen molar-refractivity contribution in [2.75, 3.05) is 0 Å². The molecular weight excluding hydrogens is 218 g/mol. The Morgan fingerprint density at radius 3 is 2.00 bits per heavy atom. The molecule has 0 spiro atoms. The smallest absolute Gasteiger partial charge is 0.0975 e. The largest absolute Gasteiger partial charge is 0.242 e. The van der Waals surface area contributed by atoms with Crippen molar-refractivity contribution in [3.63, 3.8) is 0 Å². The van der Waals surface area contributed by atoms with Crippen LogP contribution in [0.1, 0.15) is 67.7 Å². The zero-order valence-corrected chi connectivity index (χ0v) is 12.8. The van der Waals surface area contributed by atoms with Crippen molar-refractivity contribution in [1.29, 1.82) is 0 Å². The summed E-state index contributed by atoms with van der Waals surface area (Å²) in [6.07, 6.45) is 3.46. The molecule has 0 aromatic carbocycles. The summed E-state index contributed by atoms with van der Waals surface area (Å²) in [5, 5.41) is 0. The number of hydrogen-bond acceptors (Lipinski definition) is 1. The Hall–Kier alpha value is 0.110. The monoisotopic (exact) mass is 247 g/mol. The lowest BCUT2D eigenvalue weighted by Gasteiger charge is -2.36. The summed E-state index contributed by atoms with van der Waals surface area (Å²) < 4.78 is 15.3. The van der Waals surface area contributed by atoms with Crippen LogP contribution in [0.2, 0.25) is 0 Å². The van der Waals surface area contributed by atoms with E-state index in [1.165, 1.54) is 12.8 Å². The lowest BCUT2D eigenvalue weighted by atomic mass is 9.85. The predicted octanol–water partition coefficient (Wildman–Crippen LogP) is 3.64. The zero-order chi connectivity index (χ0) is 13.0. The van der Waals surface area contributed by atoms with Gasteiger partial charge in [-0.2, -0.15) is 0 Å². The highest BCUT2D eigenvalue weighted by molar-refractivity contribution is 7.84. The fourth-order valence-electron chi connectivity index (χ4n) is 1.37. The maximum absolute atomic E-state index is 12.1. The van der Waals surface area contributed by atoms with E-state index in [1.807, 2.05) is 20.8 Å². The Morgan fingerprint density at radius 2 is 1.69 bits per heavy atom. The number of nitrogens with one attached hydrogen (secondary N) is 1. The van der Waals surface area contributed by atoms with Crippen LogP contribution >= 0.6 is 0 Å². The minimum absolute atomic E-state index is 0.0197. The van der Waals surface area contributed by atoms with E-state index < -0.39 is 11.0 Å². The van der Waals surface area contributed by atoms with Crippen molar-refractivity contribution in [1.82, 2.24) is 4.72 Å². The van der Waals surface area contributed by atoms with Crippen molar-refractivity contribution in [2.24, 2.45) is 5.92 Å². The summed E-state index contributed by atoms with van der Waals surface area (Å²) in [6, 6.07) is 0. The Kier molecular flexibility index (Phi) is 6.20. The summed E-state index contributed by atoms with van der Waals surface area (Å²) in [4.78, 5) is 0. The molecule has 0 radical (unpaired) electrons. The van der Waals surface area contributed by atoms with Gasteiger partial charge in [0.15, 0.2) is 0 Å². The molecule has 1 N–H and O–H groups in total. The van der Waals surface area contributed by atoms with Crippen molar-refractivity contribution in [3.05, 3.63) is 0 Å². The van der Waals surface area contributed by atoms with Gasteiger partial charge in [-0.3, -0.25) is 0 Å². The lowest BCUT2D eigenvalue weighted by Crippen LogP contribution is -2.51. The molecule has 0 aromatic heterocycles. The third kappa shape index (κ3) is 4.96.